The van der Waals surface area contributed by atoms with Gasteiger partial charge in [0, 0.05) is 66.8 Å². The summed E-state index contributed by atoms with van der Waals surface area (Å²) in [5.41, 5.74) is 3.24. The van der Waals surface area contributed by atoms with Crippen molar-refractivity contribution in [2.24, 2.45) is 13.0 Å². The van der Waals surface area contributed by atoms with Crippen molar-refractivity contribution in [2.45, 2.75) is 51.1 Å². The highest BCUT2D eigenvalue weighted by atomic mass is 35.5. The van der Waals surface area contributed by atoms with E-state index >= 15 is 0 Å². The highest BCUT2D eigenvalue weighted by Crippen LogP contribution is 2.42. The predicted molar refractivity (Wildman–Crippen MR) is 160 cm³/mol. The Balaban J connectivity index is 1.39. The molecule has 0 spiro atoms. The molecule has 9 nitrogen and oxygen atoms in total. The molecule has 224 valence electrons. The smallest absolute Gasteiger partial charge is 0.250 e. The van der Waals surface area contributed by atoms with E-state index in [1.54, 1.807) is 70.2 Å². The summed E-state index contributed by atoms with van der Waals surface area (Å²) < 4.78 is 30.4. The number of alkyl halides is 2. The number of hydrogen-bond acceptors (Lipinski definition) is 5. The molecule has 2 N–H and O–H groups in total. The van der Waals surface area contributed by atoms with Crippen LogP contribution in [0.4, 0.5) is 14.5 Å². The molecule has 2 aromatic carbocycles. The van der Waals surface area contributed by atoms with Crippen molar-refractivity contribution in [1.29, 1.82) is 0 Å². The van der Waals surface area contributed by atoms with Crippen LogP contribution in [0, 0.1) is 5.92 Å². The maximum absolute atomic E-state index is 13.5. The summed E-state index contributed by atoms with van der Waals surface area (Å²) in [6.45, 7) is 3.82. The molecule has 43 heavy (non-hydrogen) atoms. The number of anilines is 1. The number of aromatic nitrogens is 4. The van der Waals surface area contributed by atoms with E-state index in [9.17, 15) is 23.2 Å². The van der Waals surface area contributed by atoms with E-state index in [1.165, 1.54) is 6.07 Å². The Morgan fingerprint density at radius 3 is 2.35 bits per heavy atom. The summed E-state index contributed by atoms with van der Waals surface area (Å²) >= 11 is 6.54. The highest BCUT2D eigenvalue weighted by molar-refractivity contribution is 6.31. The van der Waals surface area contributed by atoms with Gasteiger partial charge in [0.2, 0.25) is 17.7 Å². The summed E-state index contributed by atoms with van der Waals surface area (Å²) in [7, 11) is 1.82. The van der Waals surface area contributed by atoms with Gasteiger partial charge in [-0.25, -0.2) is 8.78 Å². The van der Waals surface area contributed by atoms with Crippen LogP contribution < -0.4 is 16.2 Å². The van der Waals surface area contributed by atoms with Crippen LogP contribution in [-0.2, 0) is 23.1 Å². The lowest BCUT2D eigenvalue weighted by Gasteiger charge is -2.34. The molecule has 0 unspecified atom stereocenters. The lowest BCUT2D eigenvalue weighted by Crippen LogP contribution is -2.51. The lowest BCUT2D eigenvalue weighted by molar-refractivity contribution is -0.151. The molecule has 0 radical (unpaired) electrons. The Hall–Kier alpha value is -4.38. The summed E-state index contributed by atoms with van der Waals surface area (Å²) in [6, 6.07) is 14.3. The average molecular weight is 609 g/mol. The molecule has 2 amide bonds. The molecule has 0 aliphatic heterocycles. The first kappa shape index (κ1) is 30.1. The number of carbonyl (C=O) groups excluding carboxylic acids is 2. The Kier molecular flexibility index (Phi) is 8.45. The number of rotatable bonds is 9. The fraction of sp³-hybridized carbons (Fsp3) is 0.323. The van der Waals surface area contributed by atoms with Gasteiger partial charge < -0.3 is 19.8 Å². The van der Waals surface area contributed by atoms with Crippen LogP contribution in [0.15, 0.2) is 71.9 Å². The highest BCUT2D eigenvalue weighted by Gasteiger charge is 2.49. The van der Waals surface area contributed by atoms with Crippen molar-refractivity contribution in [3.63, 3.8) is 0 Å². The molecule has 0 bridgehead atoms. The Bertz CT molecular complexity index is 1710. The van der Waals surface area contributed by atoms with Gasteiger partial charge in [0.25, 0.3) is 5.56 Å². The maximum Gasteiger partial charge on any atom is 0.250 e. The number of nitrogens with zero attached hydrogens (tertiary/aromatic N) is 4. The fourth-order valence-corrected chi connectivity index (χ4v) is 5.23. The zero-order chi connectivity index (χ0) is 30.9. The van der Waals surface area contributed by atoms with Crippen LogP contribution in [0.2, 0.25) is 5.02 Å². The molecule has 2 aromatic heterocycles. The molecular weight excluding hydrogens is 578 g/mol. The van der Waals surface area contributed by atoms with Gasteiger partial charge in [-0.2, -0.15) is 0 Å². The number of carbonyl (C=O) groups is 2. The van der Waals surface area contributed by atoms with Gasteiger partial charge >= 0.3 is 0 Å². The minimum absolute atomic E-state index is 0.00814. The SMILES string of the molecule is CC(C)n1cc(-c2ccc(Cl)c(C[C@H](NC(=O)C3CC(F)(F)C3)C(=O)Nc3ccc(-c4nncn4C)cc3)c2)ccc1=O. The number of amides is 2. The second kappa shape index (κ2) is 12.1. The summed E-state index contributed by atoms with van der Waals surface area (Å²) in [5.74, 6) is -4.25. The Morgan fingerprint density at radius 2 is 1.72 bits per heavy atom. The Morgan fingerprint density at radius 1 is 1.05 bits per heavy atom. The summed E-state index contributed by atoms with van der Waals surface area (Å²) in [5, 5.41) is 13.8. The first-order valence-corrected chi connectivity index (χ1v) is 14.2. The van der Waals surface area contributed by atoms with E-state index in [4.69, 9.17) is 11.6 Å². The van der Waals surface area contributed by atoms with E-state index in [1.807, 2.05) is 20.9 Å². The van der Waals surface area contributed by atoms with Gasteiger partial charge in [0.15, 0.2) is 5.82 Å². The van der Waals surface area contributed by atoms with Crippen LogP contribution in [0.25, 0.3) is 22.5 Å². The van der Waals surface area contributed by atoms with E-state index in [0.29, 0.717) is 22.1 Å². The molecule has 5 rings (SSSR count). The zero-order valence-electron chi connectivity index (χ0n) is 23.9. The van der Waals surface area contributed by atoms with Crippen molar-refractivity contribution in [1.82, 2.24) is 24.6 Å². The van der Waals surface area contributed by atoms with Gasteiger partial charge in [-0.15, -0.1) is 10.2 Å². The third kappa shape index (κ3) is 6.83. The molecule has 1 aliphatic rings. The summed E-state index contributed by atoms with van der Waals surface area (Å²) in [6.07, 6.45) is 2.23. The topological polar surface area (TPSA) is 111 Å². The van der Waals surface area contributed by atoms with Crippen LogP contribution in [0.5, 0.6) is 0 Å². The molecule has 1 atom stereocenters. The monoisotopic (exact) mass is 608 g/mol. The van der Waals surface area contributed by atoms with Crippen LogP contribution in [0.3, 0.4) is 0 Å². The van der Waals surface area contributed by atoms with Gasteiger partial charge in [-0.05, 0) is 73.0 Å². The second-order valence-electron chi connectivity index (χ2n) is 11.1. The first-order valence-electron chi connectivity index (χ1n) is 13.8. The molecule has 1 fully saturated rings. The quantitative estimate of drug-likeness (QED) is 0.269. The van der Waals surface area contributed by atoms with Crippen molar-refractivity contribution in [3.05, 3.63) is 88.1 Å². The molecule has 1 aliphatic carbocycles. The zero-order valence-corrected chi connectivity index (χ0v) is 24.6. The van der Waals surface area contributed by atoms with Crippen molar-refractivity contribution in [3.8, 4) is 22.5 Å². The molecule has 1 saturated carbocycles. The number of nitrogens with one attached hydrogen (secondary N) is 2. The molecule has 12 heteroatoms. The Labute approximate surface area is 251 Å². The third-order valence-electron chi connectivity index (χ3n) is 7.51. The third-order valence-corrected chi connectivity index (χ3v) is 7.88. The van der Waals surface area contributed by atoms with E-state index in [2.05, 4.69) is 20.8 Å². The minimum atomic E-state index is -2.88. The normalized spacial score (nSPS) is 15.1. The van der Waals surface area contributed by atoms with E-state index in [0.717, 1.165) is 16.7 Å². The molecule has 4 aromatic rings. The maximum atomic E-state index is 13.5. The molecular formula is C31H31ClF2N6O3. The van der Waals surface area contributed by atoms with Crippen LogP contribution in [-0.4, -0.2) is 43.1 Å². The number of halogens is 3. The van der Waals surface area contributed by atoms with Crippen LogP contribution in [0.1, 0.15) is 38.3 Å². The summed E-state index contributed by atoms with van der Waals surface area (Å²) in [4.78, 5) is 38.7. The van der Waals surface area contributed by atoms with Gasteiger partial charge in [-0.1, -0.05) is 17.7 Å². The van der Waals surface area contributed by atoms with Gasteiger partial charge in [0.05, 0.1) is 0 Å². The molecule has 0 saturated heterocycles. The lowest BCUT2D eigenvalue weighted by atomic mass is 9.80. The van der Waals surface area contributed by atoms with E-state index < -0.39 is 42.5 Å². The molecule has 2 heterocycles. The van der Waals surface area contributed by atoms with Crippen LogP contribution >= 0.6 is 11.6 Å². The standard InChI is InChI=1S/C31H31ClF2N6O3/c1-18(2)40-16-21(7-11-27(40)41)20-6-10-25(32)22(12-20)13-26(37-29(42)23-14-31(33,34)15-23)30(43)36-24-8-4-19(5-9-24)28-38-35-17-39(28)3/h4-12,16-18,23,26H,13-15H2,1-3H3,(H,36,43)(H,37,42)/t26-/m0/s1. The predicted octanol–water partition coefficient (Wildman–Crippen LogP) is 5.26. The number of benzene rings is 2. The number of aryl methyl sites for hydroxylation is 1. The van der Waals surface area contributed by atoms with Gasteiger partial charge in [0.1, 0.15) is 12.4 Å². The van der Waals surface area contributed by atoms with E-state index in [-0.39, 0.29) is 18.0 Å². The number of hydrogen-bond donors (Lipinski definition) is 2. The largest absolute Gasteiger partial charge is 0.344 e. The van der Waals surface area contributed by atoms with Crippen molar-refractivity contribution in [2.75, 3.05) is 5.32 Å². The minimum Gasteiger partial charge on any atom is -0.344 e. The first-order chi connectivity index (χ1) is 20.4. The van der Waals surface area contributed by atoms with Crippen molar-refractivity contribution >= 4 is 29.1 Å². The van der Waals surface area contributed by atoms with Crippen molar-refractivity contribution < 1.29 is 18.4 Å². The number of pyridine rings is 1. The second-order valence-corrected chi connectivity index (χ2v) is 11.5. The fourth-order valence-electron chi connectivity index (χ4n) is 5.03. The average Bonchev–Trinajstić information content (AvgIpc) is 3.38. The van der Waals surface area contributed by atoms with Gasteiger partial charge in [-0.3, -0.25) is 14.4 Å².